The number of methoxy groups -OCH3 is 1. The van der Waals surface area contributed by atoms with Crippen molar-refractivity contribution in [2.24, 2.45) is 5.73 Å². The van der Waals surface area contributed by atoms with Crippen LogP contribution in [0.25, 0.3) is 0 Å². The number of carboxylic acid groups (broad SMARTS) is 1. The highest BCUT2D eigenvalue weighted by molar-refractivity contribution is 5.75. The first kappa shape index (κ1) is 11.3. The molecule has 0 heterocycles. The molecule has 0 unspecified atom stereocenters. The van der Waals surface area contributed by atoms with E-state index in [4.69, 9.17) is 15.6 Å². The second kappa shape index (κ2) is 4.14. The Balaban J connectivity index is 3.24. The number of aromatic hydroxyl groups is 1. The lowest BCUT2D eigenvalue weighted by Crippen LogP contribution is -2.21. The maximum Gasteiger partial charge on any atom is 0.325 e. The lowest BCUT2D eigenvalue weighted by molar-refractivity contribution is -0.138. The molecule has 1 atom stereocenters. The van der Waals surface area contributed by atoms with Gasteiger partial charge < -0.3 is 20.7 Å². The van der Waals surface area contributed by atoms with E-state index in [2.05, 4.69) is 0 Å². The molecule has 0 aromatic heterocycles. The third-order valence-corrected chi connectivity index (χ3v) is 1.90. The minimum Gasteiger partial charge on any atom is -0.504 e. The molecule has 4 N–H and O–H groups in total. The van der Waals surface area contributed by atoms with Gasteiger partial charge in [0.2, 0.25) is 0 Å². The maximum absolute atomic E-state index is 13.2. The van der Waals surface area contributed by atoms with Gasteiger partial charge in [-0.2, -0.15) is 0 Å². The summed E-state index contributed by atoms with van der Waals surface area (Å²) in [6, 6.07) is 0.333. The van der Waals surface area contributed by atoms with Crippen LogP contribution < -0.4 is 10.5 Å². The van der Waals surface area contributed by atoms with Crippen molar-refractivity contribution >= 4 is 5.97 Å². The van der Waals surface area contributed by atoms with Crippen LogP contribution >= 0.6 is 0 Å². The summed E-state index contributed by atoms with van der Waals surface area (Å²) < 4.78 is 17.9. The number of hydrogen-bond donors (Lipinski definition) is 3. The van der Waals surface area contributed by atoms with Crippen molar-refractivity contribution in [2.45, 2.75) is 6.04 Å². The number of phenolic OH excluding ortho intramolecular Hbond substituents is 1. The molecule has 0 radical (unpaired) electrons. The van der Waals surface area contributed by atoms with Crippen molar-refractivity contribution in [3.05, 3.63) is 23.5 Å². The topological polar surface area (TPSA) is 92.8 Å². The fraction of sp³-hybridized carbons (Fsp3) is 0.222. The van der Waals surface area contributed by atoms with Crippen molar-refractivity contribution < 1.29 is 24.1 Å². The van der Waals surface area contributed by atoms with E-state index in [1.54, 1.807) is 0 Å². The van der Waals surface area contributed by atoms with Gasteiger partial charge in [0.15, 0.2) is 11.5 Å². The van der Waals surface area contributed by atoms with E-state index in [1.165, 1.54) is 7.11 Å². The highest BCUT2D eigenvalue weighted by atomic mass is 19.1. The van der Waals surface area contributed by atoms with Crippen LogP contribution in [-0.2, 0) is 4.79 Å². The summed E-state index contributed by atoms with van der Waals surface area (Å²) in [4.78, 5) is 10.5. The van der Waals surface area contributed by atoms with Gasteiger partial charge in [0.25, 0.3) is 0 Å². The normalized spacial score (nSPS) is 12.2. The first-order valence-electron chi connectivity index (χ1n) is 4.02. The number of carbonyl (C=O) groups is 1. The molecule has 0 amide bonds. The summed E-state index contributed by atoms with van der Waals surface area (Å²) in [5.74, 6) is -2.68. The molecule has 0 saturated carbocycles. The Hall–Kier alpha value is -1.82. The van der Waals surface area contributed by atoms with E-state index >= 15 is 0 Å². The second-order valence-electron chi connectivity index (χ2n) is 2.86. The second-order valence-corrected chi connectivity index (χ2v) is 2.86. The fourth-order valence-corrected chi connectivity index (χ4v) is 1.09. The van der Waals surface area contributed by atoms with E-state index < -0.39 is 23.6 Å². The quantitative estimate of drug-likeness (QED) is 0.687. The zero-order valence-corrected chi connectivity index (χ0v) is 7.90. The smallest absolute Gasteiger partial charge is 0.325 e. The Bertz CT molecular complexity index is 394. The van der Waals surface area contributed by atoms with E-state index in [9.17, 15) is 14.3 Å². The predicted octanol–water partition coefficient (Wildman–Crippen LogP) is 0.624. The molecular weight excluding hydrogens is 205 g/mol. The monoisotopic (exact) mass is 215 g/mol. The lowest BCUT2D eigenvalue weighted by atomic mass is 10.1. The lowest BCUT2D eigenvalue weighted by Gasteiger charge is -2.11. The van der Waals surface area contributed by atoms with Crippen molar-refractivity contribution in [2.75, 3.05) is 7.11 Å². The van der Waals surface area contributed by atoms with Gasteiger partial charge in [0.05, 0.1) is 7.11 Å². The number of aliphatic carboxylic acids is 1. The molecule has 6 heteroatoms. The zero-order chi connectivity index (χ0) is 11.6. The Morgan fingerprint density at radius 2 is 2.20 bits per heavy atom. The average Bonchev–Trinajstić information content (AvgIpc) is 2.17. The van der Waals surface area contributed by atoms with Crippen molar-refractivity contribution in [3.8, 4) is 11.5 Å². The number of hydrogen-bond acceptors (Lipinski definition) is 4. The zero-order valence-electron chi connectivity index (χ0n) is 7.90. The van der Waals surface area contributed by atoms with Gasteiger partial charge in [-0.1, -0.05) is 0 Å². The summed E-state index contributed by atoms with van der Waals surface area (Å²) in [5, 5.41) is 17.8. The number of phenols is 1. The highest BCUT2D eigenvalue weighted by Crippen LogP contribution is 2.30. The Kier molecular flexibility index (Phi) is 3.11. The number of benzene rings is 1. The molecule has 1 aromatic carbocycles. The minimum atomic E-state index is -1.49. The van der Waals surface area contributed by atoms with Crippen molar-refractivity contribution in [3.63, 3.8) is 0 Å². The molecule has 0 aliphatic rings. The summed E-state index contributed by atoms with van der Waals surface area (Å²) in [7, 11) is 1.27. The third kappa shape index (κ3) is 2.16. The number of carboxylic acids is 1. The number of nitrogens with two attached hydrogens (primary N) is 1. The fourth-order valence-electron chi connectivity index (χ4n) is 1.09. The molecule has 0 saturated heterocycles. The van der Waals surface area contributed by atoms with Crippen LogP contribution in [0.2, 0.25) is 0 Å². The molecule has 0 aliphatic carbocycles. The highest BCUT2D eigenvalue weighted by Gasteiger charge is 2.20. The first-order chi connectivity index (χ1) is 6.97. The largest absolute Gasteiger partial charge is 0.504 e. The van der Waals surface area contributed by atoms with Crippen LogP contribution in [0.5, 0.6) is 11.5 Å². The van der Waals surface area contributed by atoms with Crippen LogP contribution in [-0.4, -0.2) is 23.3 Å². The number of halogens is 1. The van der Waals surface area contributed by atoms with Gasteiger partial charge in [0, 0.05) is 11.6 Å². The average molecular weight is 215 g/mol. The van der Waals surface area contributed by atoms with Gasteiger partial charge >= 0.3 is 5.97 Å². The van der Waals surface area contributed by atoms with Gasteiger partial charge in [-0.15, -0.1) is 0 Å². The SMILES string of the molecule is COc1cc([C@H](N)C(=O)O)c(F)cc1O. The molecule has 1 aromatic rings. The summed E-state index contributed by atoms with van der Waals surface area (Å²) in [6.07, 6.45) is 0. The maximum atomic E-state index is 13.2. The van der Waals surface area contributed by atoms with E-state index in [-0.39, 0.29) is 11.3 Å². The molecule has 82 valence electrons. The molecule has 0 spiro atoms. The van der Waals surface area contributed by atoms with E-state index in [1.807, 2.05) is 0 Å². The van der Waals surface area contributed by atoms with Crippen LogP contribution in [0.15, 0.2) is 12.1 Å². The summed E-state index contributed by atoms with van der Waals surface area (Å²) in [5.41, 5.74) is 5.00. The number of ether oxygens (including phenoxy) is 1. The van der Waals surface area contributed by atoms with Crippen molar-refractivity contribution in [1.82, 2.24) is 0 Å². The molecular formula is C9H10FNO4. The molecule has 15 heavy (non-hydrogen) atoms. The molecule has 5 nitrogen and oxygen atoms in total. The van der Waals surface area contributed by atoms with Crippen LogP contribution in [0.4, 0.5) is 4.39 Å². The third-order valence-electron chi connectivity index (χ3n) is 1.90. The Labute approximate surface area is 84.9 Å². The molecule has 1 rings (SSSR count). The summed E-state index contributed by atoms with van der Waals surface area (Å²) >= 11 is 0. The standard InChI is InChI=1S/C9H10FNO4/c1-15-7-2-4(8(11)9(13)14)5(10)3-6(7)12/h2-3,8,12H,11H2,1H3,(H,13,14)/t8-/m0/s1. The molecule has 0 aliphatic heterocycles. The van der Waals surface area contributed by atoms with Crippen LogP contribution in [0, 0.1) is 5.82 Å². The van der Waals surface area contributed by atoms with Crippen LogP contribution in [0.1, 0.15) is 11.6 Å². The van der Waals surface area contributed by atoms with Gasteiger partial charge in [0.1, 0.15) is 11.9 Å². The van der Waals surface area contributed by atoms with Crippen LogP contribution in [0.3, 0.4) is 0 Å². The van der Waals surface area contributed by atoms with Crippen molar-refractivity contribution in [1.29, 1.82) is 0 Å². The first-order valence-corrected chi connectivity index (χ1v) is 4.02. The predicted molar refractivity (Wildman–Crippen MR) is 49.2 cm³/mol. The van der Waals surface area contributed by atoms with Gasteiger partial charge in [-0.25, -0.2) is 4.39 Å². The van der Waals surface area contributed by atoms with Gasteiger partial charge in [-0.3, -0.25) is 4.79 Å². The number of rotatable bonds is 3. The minimum absolute atomic E-state index is 0.0249. The molecule has 0 bridgehead atoms. The van der Waals surface area contributed by atoms with E-state index in [0.29, 0.717) is 0 Å². The van der Waals surface area contributed by atoms with Gasteiger partial charge in [-0.05, 0) is 6.07 Å². The Morgan fingerprint density at radius 3 is 2.67 bits per heavy atom. The Morgan fingerprint density at radius 1 is 1.60 bits per heavy atom. The van der Waals surface area contributed by atoms with E-state index in [0.717, 1.165) is 12.1 Å². The molecule has 0 fully saturated rings. The summed E-state index contributed by atoms with van der Waals surface area (Å²) in [6.45, 7) is 0.